The number of aryl methyl sites for hydroxylation is 2. The summed E-state index contributed by atoms with van der Waals surface area (Å²) in [5.74, 6) is 1.08. The minimum Gasteiger partial charge on any atom is -0.496 e. The summed E-state index contributed by atoms with van der Waals surface area (Å²) in [4.78, 5) is 0.301. The molecule has 5 nitrogen and oxygen atoms in total. The number of ether oxygens (including phenoxy) is 1. The Morgan fingerprint density at radius 1 is 1.35 bits per heavy atom. The van der Waals surface area contributed by atoms with Crippen LogP contribution in [0.5, 0.6) is 5.75 Å². The molecule has 1 fully saturated rings. The predicted octanol–water partition coefficient (Wildman–Crippen LogP) is 1.33. The largest absolute Gasteiger partial charge is 0.496 e. The number of hydrogen-bond acceptors (Lipinski definition) is 4. The monoisotopic (exact) mass is 298 g/mol. The van der Waals surface area contributed by atoms with E-state index in [0.717, 1.165) is 18.4 Å². The average Bonchev–Trinajstić information content (AvgIpc) is 3.22. The van der Waals surface area contributed by atoms with Crippen molar-refractivity contribution < 1.29 is 13.2 Å². The van der Waals surface area contributed by atoms with Gasteiger partial charge in [0.15, 0.2) is 0 Å². The number of sulfonamides is 1. The van der Waals surface area contributed by atoms with Crippen LogP contribution in [0.3, 0.4) is 0 Å². The third-order valence-corrected chi connectivity index (χ3v) is 5.37. The fourth-order valence-electron chi connectivity index (χ4n) is 2.37. The molecule has 0 saturated heterocycles. The van der Waals surface area contributed by atoms with Crippen LogP contribution in [0.1, 0.15) is 24.0 Å². The molecule has 0 amide bonds. The van der Waals surface area contributed by atoms with Crippen molar-refractivity contribution in [1.82, 2.24) is 4.72 Å². The number of nitrogens with two attached hydrogens (primary N) is 1. The molecule has 3 N–H and O–H groups in total. The second-order valence-corrected chi connectivity index (χ2v) is 7.07. The molecule has 2 rings (SSSR count). The van der Waals surface area contributed by atoms with E-state index in [1.807, 2.05) is 6.92 Å². The summed E-state index contributed by atoms with van der Waals surface area (Å²) in [6.45, 7) is 3.93. The van der Waals surface area contributed by atoms with Gasteiger partial charge < -0.3 is 10.5 Å². The number of methoxy groups -OCH3 is 1. The van der Waals surface area contributed by atoms with E-state index in [1.165, 1.54) is 0 Å². The van der Waals surface area contributed by atoms with Crippen LogP contribution in [0.25, 0.3) is 0 Å². The fourth-order valence-corrected chi connectivity index (χ4v) is 4.00. The lowest BCUT2D eigenvalue weighted by atomic mass is 10.1. The maximum Gasteiger partial charge on any atom is 0.241 e. The average molecular weight is 298 g/mol. The first-order chi connectivity index (χ1) is 9.39. The zero-order chi connectivity index (χ0) is 14.9. The van der Waals surface area contributed by atoms with E-state index in [4.69, 9.17) is 10.5 Å². The van der Waals surface area contributed by atoms with E-state index in [1.54, 1.807) is 26.2 Å². The van der Waals surface area contributed by atoms with Gasteiger partial charge in [0.05, 0.1) is 12.0 Å². The highest BCUT2D eigenvalue weighted by Gasteiger charge is 2.33. The highest BCUT2D eigenvalue weighted by atomic mass is 32.2. The summed E-state index contributed by atoms with van der Waals surface area (Å²) in [6, 6.07) is 3.23. The Kier molecular flexibility index (Phi) is 4.36. The van der Waals surface area contributed by atoms with E-state index in [9.17, 15) is 8.42 Å². The number of hydrogen-bond donors (Lipinski definition) is 2. The van der Waals surface area contributed by atoms with Crippen molar-refractivity contribution >= 4 is 10.0 Å². The summed E-state index contributed by atoms with van der Waals surface area (Å²) in [6.07, 6.45) is 2.09. The maximum atomic E-state index is 12.5. The molecular formula is C14H22N2O3S. The second kappa shape index (κ2) is 5.71. The van der Waals surface area contributed by atoms with Gasteiger partial charge >= 0.3 is 0 Å². The molecule has 0 radical (unpaired) electrons. The zero-order valence-corrected chi connectivity index (χ0v) is 13.0. The Labute approximate surface area is 120 Å². The third-order valence-electron chi connectivity index (χ3n) is 3.73. The fraction of sp³-hybridized carbons (Fsp3) is 0.571. The van der Waals surface area contributed by atoms with Crippen molar-refractivity contribution in [2.24, 2.45) is 11.7 Å². The van der Waals surface area contributed by atoms with Gasteiger partial charge in [-0.3, -0.25) is 0 Å². The van der Waals surface area contributed by atoms with Gasteiger partial charge in [0.1, 0.15) is 5.75 Å². The first-order valence-corrected chi connectivity index (χ1v) is 8.25. The van der Waals surface area contributed by atoms with Gasteiger partial charge in [-0.2, -0.15) is 0 Å². The summed E-state index contributed by atoms with van der Waals surface area (Å²) in [5, 5.41) is 0. The van der Waals surface area contributed by atoms with Crippen molar-refractivity contribution in [2.45, 2.75) is 37.6 Å². The van der Waals surface area contributed by atoms with Gasteiger partial charge in [-0.1, -0.05) is 0 Å². The van der Waals surface area contributed by atoms with Gasteiger partial charge in [-0.05, 0) is 55.9 Å². The highest BCUT2D eigenvalue weighted by Crippen LogP contribution is 2.33. The van der Waals surface area contributed by atoms with Crippen LogP contribution in [-0.2, 0) is 10.0 Å². The summed E-state index contributed by atoms with van der Waals surface area (Å²) in [7, 11) is -1.97. The molecule has 1 aliphatic carbocycles. The number of nitrogens with one attached hydrogen (secondary N) is 1. The lowest BCUT2D eigenvalue weighted by Gasteiger charge is -2.18. The van der Waals surface area contributed by atoms with Crippen LogP contribution in [0.15, 0.2) is 17.0 Å². The number of benzene rings is 1. The van der Waals surface area contributed by atoms with Gasteiger partial charge in [0.25, 0.3) is 0 Å². The number of rotatable bonds is 6. The van der Waals surface area contributed by atoms with E-state index in [-0.39, 0.29) is 6.04 Å². The van der Waals surface area contributed by atoms with Crippen molar-refractivity contribution in [2.75, 3.05) is 13.7 Å². The molecule has 0 heterocycles. The van der Waals surface area contributed by atoms with Crippen molar-refractivity contribution in [1.29, 1.82) is 0 Å². The first-order valence-electron chi connectivity index (χ1n) is 6.76. The van der Waals surface area contributed by atoms with Gasteiger partial charge in [-0.25, -0.2) is 13.1 Å². The highest BCUT2D eigenvalue weighted by molar-refractivity contribution is 7.89. The van der Waals surface area contributed by atoms with Gasteiger partial charge in [0, 0.05) is 12.6 Å². The van der Waals surface area contributed by atoms with Gasteiger partial charge in [0.2, 0.25) is 10.0 Å². The molecular weight excluding hydrogens is 276 g/mol. The molecule has 112 valence electrons. The third kappa shape index (κ3) is 3.13. The summed E-state index contributed by atoms with van der Waals surface area (Å²) >= 11 is 0. The normalized spacial score (nSPS) is 17.0. The lowest BCUT2D eigenvalue weighted by Crippen LogP contribution is -2.41. The molecule has 0 bridgehead atoms. The van der Waals surface area contributed by atoms with Gasteiger partial charge in [-0.15, -0.1) is 0 Å². The Bertz CT molecular complexity index is 595. The Balaban J connectivity index is 2.31. The predicted molar refractivity (Wildman–Crippen MR) is 78.4 cm³/mol. The Hall–Kier alpha value is -1.11. The van der Waals surface area contributed by atoms with Crippen molar-refractivity contribution in [3.8, 4) is 5.75 Å². The quantitative estimate of drug-likeness (QED) is 0.830. The smallest absolute Gasteiger partial charge is 0.241 e. The van der Waals surface area contributed by atoms with Crippen LogP contribution in [0.2, 0.25) is 0 Å². The minimum absolute atomic E-state index is 0.165. The van der Waals surface area contributed by atoms with Crippen molar-refractivity contribution in [3.05, 3.63) is 23.3 Å². The topological polar surface area (TPSA) is 81.4 Å². The van der Waals surface area contributed by atoms with E-state index >= 15 is 0 Å². The molecule has 0 spiro atoms. The van der Waals surface area contributed by atoms with Crippen LogP contribution in [-0.4, -0.2) is 28.1 Å². The van der Waals surface area contributed by atoms with Crippen LogP contribution in [0, 0.1) is 19.8 Å². The molecule has 0 aliphatic heterocycles. The summed E-state index contributed by atoms with van der Waals surface area (Å²) in [5.41, 5.74) is 7.14. The minimum atomic E-state index is -3.54. The Morgan fingerprint density at radius 3 is 2.50 bits per heavy atom. The zero-order valence-electron chi connectivity index (χ0n) is 12.1. The second-order valence-electron chi connectivity index (χ2n) is 5.39. The molecule has 1 aliphatic rings. The maximum absolute atomic E-state index is 12.5. The lowest BCUT2D eigenvalue weighted by molar-refractivity contribution is 0.411. The molecule has 1 aromatic carbocycles. The molecule has 6 heteroatoms. The summed E-state index contributed by atoms with van der Waals surface area (Å²) < 4.78 is 32.9. The molecule has 20 heavy (non-hydrogen) atoms. The van der Waals surface area contributed by atoms with Crippen LogP contribution < -0.4 is 15.2 Å². The SMILES string of the molecule is COc1cc(C)c(S(=O)(=O)NC(CN)C2CC2)cc1C. The van der Waals surface area contributed by atoms with E-state index < -0.39 is 10.0 Å². The molecule has 1 unspecified atom stereocenters. The Morgan fingerprint density at radius 2 is 2.00 bits per heavy atom. The standard InChI is InChI=1S/C14H22N2O3S/c1-9-7-14(10(2)6-13(9)19-3)20(17,18)16-12(8-15)11-4-5-11/h6-7,11-12,16H,4-5,8,15H2,1-3H3. The van der Waals surface area contributed by atoms with Crippen molar-refractivity contribution in [3.63, 3.8) is 0 Å². The molecule has 1 aromatic rings. The van der Waals surface area contributed by atoms with E-state index in [2.05, 4.69) is 4.72 Å². The van der Waals surface area contributed by atoms with E-state index in [0.29, 0.717) is 28.7 Å². The van der Waals surface area contributed by atoms with Crippen LogP contribution in [0.4, 0.5) is 0 Å². The first kappa shape index (κ1) is 15.3. The molecule has 0 aromatic heterocycles. The molecule has 1 saturated carbocycles. The van der Waals surface area contributed by atoms with Crippen LogP contribution >= 0.6 is 0 Å². The molecule has 1 atom stereocenters.